The van der Waals surface area contributed by atoms with E-state index in [9.17, 15) is 13.0 Å². The molecule has 1 N–H and O–H groups in total. The van der Waals surface area contributed by atoms with E-state index in [0.717, 1.165) is 11.5 Å². The zero-order valence-electron chi connectivity index (χ0n) is 11.8. The molecule has 1 aromatic carbocycles. The van der Waals surface area contributed by atoms with Crippen molar-refractivity contribution in [3.8, 4) is 11.5 Å². The molecule has 1 unspecified atom stereocenters. The van der Waals surface area contributed by atoms with Crippen LogP contribution >= 0.6 is 11.3 Å². The molecule has 2 aromatic rings. The van der Waals surface area contributed by atoms with Crippen molar-refractivity contribution in [2.75, 3.05) is 18.5 Å². The van der Waals surface area contributed by atoms with Gasteiger partial charge in [-0.3, -0.25) is 0 Å². The van der Waals surface area contributed by atoms with E-state index in [1.54, 1.807) is 12.1 Å². The Kier molecular flexibility index (Phi) is 5.42. The fourth-order valence-electron chi connectivity index (χ4n) is 1.93. The molecule has 22 heavy (non-hydrogen) atoms. The zero-order valence-corrected chi connectivity index (χ0v) is 13.4. The summed E-state index contributed by atoms with van der Waals surface area (Å²) in [5, 5.41) is 6.89. The van der Waals surface area contributed by atoms with Crippen LogP contribution in [0.15, 0.2) is 39.9 Å². The second-order valence-corrected chi connectivity index (χ2v) is 6.63. The average molecular weight is 333 g/mol. The molecule has 3 rings (SSSR count). The Balaban J connectivity index is 0.00000176. The SMILES string of the molecule is O=S(=O)([O-])c1ccc(NCC2COc3cscc3O2)cc1.[Li+]. The van der Waals surface area contributed by atoms with Gasteiger partial charge < -0.3 is 19.3 Å². The van der Waals surface area contributed by atoms with Crippen LogP contribution in [0.25, 0.3) is 0 Å². The third-order valence-corrected chi connectivity index (χ3v) is 4.54. The van der Waals surface area contributed by atoms with Crippen LogP contribution in [0.2, 0.25) is 0 Å². The molecule has 0 amide bonds. The maximum absolute atomic E-state index is 10.8. The minimum absolute atomic E-state index is 0. The minimum atomic E-state index is -4.40. The molecule has 0 saturated carbocycles. The van der Waals surface area contributed by atoms with Gasteiger partial charge in [-0.15, -0.1) is 11.3 Å². The second kappa shape index (κ2) is 6.94. The number of fused-ring (bicyclic) bond motifs is 1. The molecule has 1 aromatic heterocycles. The summed E-state index contributed by atoms with van der Waals surface area (Å²) in [6.07, 6.45) is -0.130. The third kappa shape index (κ3) is 3.97. The number of anilines is 1. The van der Waals surface area contributed by atoms with Crippen molar-refractivity contribution in [1.82, 2.24) is 0 Å². The molecule has 0 fully saturated rings. The molecule has 1 atom stereocenters. The van der Waals surface area contributed by atoms with E-state index < -0.39 is 10.1 Å². The van der Waals surface area contributed by atoms with E-state index in [0.29, 0.717) is 18.8 Å². The number of nitrogens with one attached hydrogen (secondary N) is 1. The van der Waals surface area contributed by atoms with Gasteiger partial charge >= 0.3 is 18.9 Å². The molecule has 112 valence electrons. The van der Waals surface area contributed by atoms with Crippen LogP contribution in [-0.2, 0) is 10.1 Å². The van der Waals surface area contributed by atoms with Gasteiger partial charge in [0.2, 0.25) is 0 Å². The normalized spacial score (nSPS) is 16.7. The fraction of sp³-hybridized carbons (Fsp3) is 0.231. The zero-order chi connectivity index (χ0) is 14.9. The van der Waals surface area contributed by atoms with Crippen LogP contribution < -0.4 is 33.7 Å². The van der Waals surface area contributed by atoms with E-state index in [4.69, 9.17) is 9.47 Å². The molecular formula is C13H12LiNO5S2. The van der Waals surface area contributed by atoms with E-state index in [-0.39, 0.29) is 29.9 Å². The quantitative estimate of drug-likeness (QED) is 0.565. The molecule has 0 aliphatic carbocycles. The molecular weight excluding hydrogens is 321 g/mol. The van der Waals surface area contributed by atoms with Crippen molar-refractivity contribution in [2.24, 2.45) is 0 Å². The minimum Gasteiger partial charge on any atom is -0.744 e. The van der Waals surface area contributed by atoms with Crippen LogP contribution in [0.3, 0.4) is 0 Å². The smallest absolute Gasteiger partial charge is 0.744 e. The van der Waals surface area contributed by atoms with E-state index in [2.05, 4.69) is 5.32 Å². The van der Waals surface area contributed by atoms with Crippen LogP contribution in [-0.4, -0.2) is 32.2 Å². The van der Waals surface area contributed by atoms with Gasteiger partial charge in [-0.25, -0.2) is 8.42 Å². The number of hydrogen-bond acceptors (Lipinski definition) is 7. The number of hydrogen-bond donors (Lipinski definition) is 1. The number of rotatable bonds is 4. The Bertz CT molecular complexity index is 729. The topological polar surface area (TPSA) is 87.7 Å². The average Bonchev–Trinajstić information content (AvgIpc) is 2.92. The van der Waals surface area contributed by atoms with E-state index >= 15 is 0 Å². The first kappa shape index (κ1) is 17.2. The molecule has 0 saturated heterocycles. The van der Waals surface area contributed by atoms with Crippen LogP contribution in [0.1, 0.15) is 0 Å². The molecule has 2 heterocycles. The van der Waals surface area contributed by atoms with E-state index in [1.807, 2.05) is 10.8 Å². The summed E-state index contributed by atoms with van der Waals surface area (Å²) < 4.78 is 43.8. The first-order chi connectivity index (χ1) is 10.0. The van der Waals surface area contributed by atoms with Gasteiger partial charge in [0.1, 0.15) is 22.8 Å². The van der Waals surface area contributed by atoms with Gasteiger partial charge in [-0.2, -0.15) is 0 Å². The molecule has 0 bridgehead atoms. The van der Waals surface area contributed by atoms with Crippen molar-refractivity contribution in [1.29, 1.82) is 0 Å². The van der Waals surface area contributed by atoms with Crippen molar-refractivity contribution >= 4 is 27.1 Å². The fourth-order valence-corrected chi connectivity index (χ4v) is 3.07. The van der Waals surface area contributed by atoms with Crippen molar-refractivity contribution < 1.29 is 41.3 Å². The summed E-state index contributed by atoms with van der Waals surface area (Å²) in [6, 6.07) is 5.65. The van der Waals surface area contributed by atoms with Crippen LogP contribution in [0.5, 0.6) is 11.5 Å². The van der Waals surface area contributed by atoms with E-state index in [1.165, 1.54) is 23.5 Å². The number of benzene rings is 1. The first-order valence-corrected chi connectivity index (χ1v) is 8.53. The molecule has 0 spiro atoms. The Hall–Kier alpha value is -1.17. The Morgan fingerprint density at radius 1 is 1.23 bits per heavy atom. The van der Waals surface area contributed by atoms with Gasteiger partial charge in [0.25, 0.3) is 0 Å². The molecule has 1 aliphatic heterocycles. The monoisotopic (exact) mass is 333 g/mol. The van der Waals surface area contributed by atoms with Gasteiger partial charge in [0.05, 0.1) is 11.4 Å². The predicted molar refractivity (Wildman–Crippen MR) is 77.1 cm³/mol. The predicted octanol–water partition coefficient (Wildman–Crippen LogP) is -1.09. The summed E-state index contributed by atoms with van der Waals surface area (Å²) in [5.74, 6) is 1.51. The molecule has 9 heteroatoms. The van der Waals surface area contributed by atoms with Crippen molar-refractivity contribution in [3.63, 3.8) is 0 Å². The summed E-state index contributed by atoms with van der Waals surface area (Å²) in [4.78, 5) is -0.242. The second-order valence-electron chi connectivity index (χ2n) is 4.51. The maximum Gasteiger partial charge on any atom is 1.00 e. The summed E-state index contributed by atoms with van der Waals surface area (Å²) in [7, 11) is -4.40. The number of thiophene rings is 1. The standard InChI is InChI=1S/C13H13NO5S2.Li/c15-21(16,17)11-3-1-9(2-4-11)14-5-10-6-18-12-7-20-8-13(12)19-10;/h1-4,7-8,10,14H,5-6H2,(H,15,16,17);/q;+1/p-1. The maximum atomic E-state index is 10.8. The Labute approximate surface area is 144 Å². The van der Waals surface area contributed by atoms with Gasteiger partial charge in [-0.1, -0.05) is 0 Å². The molecule has 6 nitrogen and oxygen atoms in total. The molecule has 1 aliphatic rings. The van der Waals surface area contributed by atoms with Crippen LogP contribution in [0.4, 0.5) is 5.69 Å². The summed E-state index contributed by atoms with van der Waals surface area (Å²) >= 11 is 1.52. The molecule has 0 radical (unpaired) electrons. The van der Waals surface area contributed by atoms with Crippen molar-refractivity contribution in [3.05, 3.63) is 35.0 Å². The van der Waals surface area contributed by atoms with Gasteiger partial charge in [0.15, 0.2) is 11.5 Å². The van der Waals surface area contributed by atoms with Crippen LogP contribution in [0, 0.1) is 0 Å². The largest absolute Gasteiger partial charge is 1.00 e. The first-order valence-electron chi connectivity index (χ1n) is 6.18. The summed E-state index contributed by atoms with van der Waals surface area (Å²) in [5.41, 5.74) is 0.710. The Morgan fingerprint density at radius 2 is 1.91 bits per heavy atom. The Morgan fingerprint density at radius 3 is 2.59 bits per heavy atom. The van der Waals surface area contributed by atoms with Gasteiger partial charge in [-0.05, 0) is 24.3 Å². The number of ether oxygens (including phenoxy) is 2. The van der Waals surface area contributed by atoms with Crippen molar-refractivity contribution in [2.45, 2.75) is 11.0 Å². The van der Waals surface area contributed by atoms with Gasteiger partial charge in [0, 0.05) is 16.4 Å². The third-order valence-electron chi connectivity index (χ3n) is 2.99. The summed E-state index contributed by atoms with van der Waals surface area (Å²) in [6.45, 7) is 0.961.